The fourth-order valence-corrected chi connectivity index (χ4v) is 1.73. The average Bonchev–Trinajstić information content (AvgIpc) is 2.47. The fraction of sp³-hybridized carbons (Fsp3) is 0. The zero-order valence-electron chi connectivity index (χ0n) is 10.5. The summed E-state index contributed by atoms with van der Waals surface area (Å²) >= 11 is 0. The van der Waals surface area contributed by atoms with Crippen molar-refractivity contribution in [2.75, 3.05) is 5.32 Å². The van der Waals surface area contributed by atoms with Crippen molar-refractivity contribution in [3.63, 3.8) is 0 Å². The Bertz CT molecular complexity index is 683. The maximum absolute atomic E-state index is 12.1. The Hall–Kier alpha value is -3.29. The molecule has 1 N–H and O–H groups in total. The second kappa shape index (κ2) is 5.78. The number of nitro groups is 1. The average molecular weight is 286 g/mol. The van der Waals surface area contributed by atoms with E-state index >= 15 is 0 Å². The van der Waals surface area contributed by atoms with E-state index in [0.717, 1.165) is 12.1 Å². The van der Waals surface area contributed by atoms with Crippen LogP contribution in [-0.2, 0) is 0 Å². The van der Waals surface area contributed by atoms with Crippen molar-refractivity contribution in [3.05, 3.63) is 64.0 Å². The Labute approximate surface area is 118 Å². The minimum absolute atomic E-state index is 0.282. The van der Waals surface area contributed by atoms with Gasteiger partial charge in [0.1, 0.15) is 5.56 Å². The Kier molecular flexibility index (Phi) is 3.89. The zero-order valence-corrected chi connectivity index (χ0v) is 10.5. The number of hydrogen-bond acceptors (Lipinski definition) is 6. The Balaban J connectivity index is 2.48. The van der Waals surface area contributed by atoms with Crippen LogP contribution < -0.4 is 10.4 Å². The zero-order chi connectivity index (χ0) is 15.4. The van der Waals surface area contributed by atoms with E-state index in [4.69, 9.17) is 0 Å². The molecule has 0 fully saturated rings. The molecule has 8 nitrogen and oxygen atoms in total. The molecule has 1 amide bonds. The number of rotatable bonds is 4. The number of nitro benzene ring substituents is 1. The van der Waals surface area contributed by atoms with E-state index in [1.165, 1.54) is 24.5 Å². The quantitative estimate of drug-likeness (QED) is 0.648. The molecular weight excluding hydrogens is 278 g/mol. The van der Waals surface area contributed by atoms with Gasteiger partial charge in [-0.05, 0) is 12.1 Å². The summed E-state index contributed by atoms with van der Waals surface area (Å²) in [6.45, 7) is 0. The molecule has 21 heavy (non-hydrogen) atoms. The second-order valence-corrected chi connectivity index (χ2v) is 3.94. The summed E-state index contributed by atoms with van der Waals surface area (Å²) in [6, 6.07) is 6.35. The van der Waals surface area contributed by atoms with Gasteiger partial charge >= 0.3 is 0 Å². The van der Waals surface area contributed by atoms with Gasteiger partial charge in [0.2, 0.25) is 0 Å². The molecule has 1 aromatic carbocycles. The van der Waals surface area contributed by atoms with Gasteiger partial charge in [0.05, 0.1) is 22.8 Å². The fourth-order valence-electron chi connectivity index (χ4n) is 1.73. The third-order valence-corrected chi connectivity index (χ3v) is 2.61. The van der Waals surface area contributed by atoms with Crippen molar-refractivity contribution in [1.29, 1.82) is 0 Å². The van der Waals surface area contributed by atoms with E-state index in [1.54, 1.807) is 6.07 Å². The van der Waals surface area contributed by atoms with Gasteiger partial charge in [0.15, 0.2) is 0 Å². The van der Waals surface area contributed by atoms with Gasteiger partial charge in [0.25, 0.3) is 11.6 Å². The molecule has 2 rings (SSSR count). The summed E-state index contributed by atoms with van der Waals surface area (Å²) in [5, 5.41) is 24.3. The van der Waals surface area contributed by atoms with E-state index in [1.807, 2.05) is 0 Å². The summed E-state index contributed by atoms with van der Waals surface area (Å²) in [6.07, 6.45) is 2.80. The summed E-state index contributed by atoms with van der Waals surface area (Å²) in [5.41, 5.74) is -1.44. The molecule has 0 unspecified atom stereocenters. The van der Waals surface area contributed by atoms with Crippen molar-refractivity contribution in [2.24, 2.45) is 0 Å². The lowest BCUT2D eigenvalue weighted by Crippen LogP contribution is -2.27. The highest BCUT2D eigenvalue weighted by atomic mass is 16.6. The highest BCUT2D eigenvalue weighted by molar-refractivity contribution is 6.12. The minimum Gasteiger partial charge on any atom is -0.545 e. The third-order valence-electron chi connectivity index (χ3n) is 2.61. The number of aromatic carboxylic acids is 1. The Morgan fingerprint density at radius 1 is 1.19 bits per heavy atom. The molecule has 0 saturated heterocycles. The largest absolute Gasteiger partial charge is 0.545 e. The number of nitrogens with one attached hydrogen (secondary N) is 1. The summed E-state index contributed by atoms with van der Waals surface area (Å²) in [4.78, 5) is 37.1. The van der Waals surface area contributed by atoms with Crippen LogP contribution in [0.25, 0.3) is 0 Å². The first kappa shape index (κ1) is 14.1. The lowest BCUT2D eigenvalue weighted by Gasteiger charge is -2.11. The molecule has 0 spiro atoms. The van der Waals surface area contributed by atoms with Gasteiger partial charge in [0, 0.05) is 17.8 Å². The first-order chi connectivity index (χ1) is 10.0. The maximum Gasteiger partial charge on any atom is 0.282 e. The van der Waals surface area contributed by atoms with Crippen molar-refractivity contribution >= 4 is 23.3 Å². The van der Waals surface area contributed by atoms with E-state index < -0.39 is 33.6 Å². The molecule has 0 aliphatic heterocycles. The van der Waals surface area contributed by atoms with Crippen LogP contribution in [0.15, 0.2) is 42.7 Å². The van der Waals surface area contributed by atoms with Gasteiger partial charge in [-0.2, -0.15) is 0 Å². The summed E-state index contributed by atoms with van der Waals surface area (Å²) < 4.78 is 0. The van der Waals surface area contributed by atoms with Crippen molar-refractivity contribution in [3.8, 4) is 0 Å². The maximum atomic E-state index is 12.1. The number of benzene rings is 1. The molecule has 0 aliphatic carbocycles. The normalized spacial score (nSPS) is 9.90. The van der Waals surface area contributed by atoms with Crippen LogP contribution >= 0.6 is 0 Å². The number of anilines is 1. The van der Waals surface area contributed by atoms with Gasteiger partial charge in [-0.15, -0.1) is 0 Å². The third kappa shape index (κ3) is 3.00. The monoisotopic (exact) mass is 286 g/mol. The number of amides is 1. The Morgan fingerprint density at radius 3 is 2.52 bits per heavy atom. The van der Waals surface area contributed by atoms with Crippen molar-refractivity contribution in [1.82, 2.24) is 4.98 Å². The number of hydrogen-bond donors (Lipinski definition) is 1. The summed E-state index contributed by atoms with van der Waals surface area (Å²) in [7, 11) is 0. The van der Waals surface area contributed by atoms with E-state index in [-0.39, 0.29) is 5.69 Å². The van der Waals surface area contributed by atoms with Crippen LogP contribution in [0.4, 0.5) is 11.4 Å². The summed E-state index contributed by atoms with van der Waals surface area (Å²) in [5.74, 6) is -2.59. The minimum atomic E-state index is -1.67. The lowest BCUT2D eigenvalue weighted by atomic mass is 10.0. The molecule has 8 heteroatoms. The number of pyridine rings is 1. The number of nitrogens with zero attached hydrogens (tertiary/aromatic N) is 2. The molecule has 2 aromatic rings. The van der Waals surface area contributed by atoms with Crippen molar-refractivity contribution < 1.29 is 19.6 Å². The predicted molar refractivity (Wildman–Crippen MR) is 69.6 cm³/mol. The van der Waals surface area contributed by atoms with Crippen LogP contribution in [0.1, 0.15) is 20.7 Å². The smallest absolute Gasteiger partial charge is 0.282 e. The molecule has 0 atom stereocenters. The highest BCUT2D eigenvalue weighted by Gasteiger charge is 2.24. The number of carbonyl (C=O) groups excluding carboxylic acids is 2. The van der Waals surface area contributed by atoms with Gasteiger partial charge < -0.3 is 15.2 Å². The van der Waals surface area contributed by atoms with Gasteiger partial charge in [-0.3, -0.25) is 19.9 Å². The molecule has 1 aromatic heterocycles. The SMILES string of the molecule is O=C([O-])c1cccc([N+](=O)[O-])c1C(=O)Nc1cccnc1. The second-order valence-electron chi connectivity index (χ2n) is 3.94. The van der Waals surface area contributed by atoms with Crippen LogP contribution in [0.3, 0.4) is 0 Å². The van der Waals surface area contributed by atoms with E-state index in [2.05, 4.69) is 10.3 Å². The number of carboxylic acid groups (broad SMARTS) is 1. The highest BCUT2D eigenvalue weighted by Crippen LogP contribution is 2.23. The standard InChI is InChI=1S/C13H9N3O5/c17-12(15-8-3-2-6-14-7-8)11-9(13(18)19)4-1-5-10(11)16(20)21/h1-7H,(H,15,17)(H,18,19)/p-1. The molecule has 1 heterocycles. The van der Waals surface area contributed by atoms with E-state index in [0.29, 0.717) is 0 Å². The topological polar surface area (TPSA) is 125 Å². The molecular formula is C13H8N3O5-. The molecule has 106 valence electrons. The van der Waals surface area contributed by atoms with Crippen LogP contribution in [-0.4, -0.2) is 21.8 Å². The van der Waals surface area contributed by atoms with Crippen LogP contribution in [0, 0.1) is 10.1 Å². The lowest BCUT2D eigenvalue weighted by molar-refractivity contribution is -0.385. The number of aromatic nitrogens is 1. The number of carboxylic acids is 1. The molecule has 0 saturated carbocycles. The first-order valence-corrected chi connectivity index (χ1v) is 5.71. The van der Waals surface area contributed by atoms with E-state index in [9.17, 15) is 24.8 Å². The van der Waals surface area contributed by atoms with Gasteiger partial charge in [-0.1, -0.05) is 12.1 Å². The predicted octanol–water partition coefficient (Wildman–Crippen LogP) is 0.606. The molecule has 0 aliphatic rings. The van der Waals surface area contributed by atoms with Gasteiger partial charge in [-0.25, -0.2) is 0 Å². The van der Waals surface area contributed by atoms with Crippen LogP contribution in [0.5, 0.6) is 0 Å². The van der Waals surface area contributed by atoms with Crippen LogP contribution in [0.2, 0.25) is 0 Å². The molecule has 0 bridgehead atoms. The first-order valence-electron chi connectivity index (χ1n) is 5.71. The number of carbonyl (C=O) groups is 2. The Morgan fingerprint density at radius 2 is 1.95 bits per heavy atom. The molecule has 0 radical (unpaired) electrons. The van der Waals surface area contributed by atoms with Crippen molar-refractivity contribution in [2.45, 2.75) is 0 Å².